The molecular weight excluding hydrogens is 354 g/mol. The molecule has 0 spiro atoms. The van der Waals surface area contributed by atoms with Gasteiger partial charge in [0.1, 0.15) is 0 Å². The molecule has 0 saturated heterocycles. The van der Waals surface area contributed by atoms with E-state index in [1.165, 1.54) is 12.0 Å². The molecule has 0 radical (unpaired) electrons. The molecule has 2 atom stereocenters. The highest BCUT2D eigenvalue weighted by atomic mass is 16.5. The van der Waals surface area contributed by atoms with Crippen LogP contribution in [0.15, 0.2) is 47.5 Å². The molecule has 0 aliphatic heterocycles. The van der Waals surface area contributed by atoms with Crippen LogP contribution in [0.5, 0.6) is 17.2 Å². The maximum absolute atomic E-state index is 5.43. The van der Waals surface area contributed by atoms with Crippen molar-refractivity contribution in [3.8, 4) is 17.2 Å². The number of hydrogen-bond acceptors (Lipinski definition) is 4. The van der Waals surface area contributed by atoms with Crippen molar-refractivity contribution in [1.29, 1.82) is 0 Å². The second-order valence-electron chi connectivity index (χ2n) is 6.77. The summed E-state index contributed by atoms with van der Waals surface area (Å²) in [6.07, 6.45) is 1.19. The molecule has 6 nitrogen and oxygen atoms in total. The van der Waals surface area contributed by atoms with Crippen molar-refractivity contribution in [2.24, 2.45) is 10.9 Å². The standard InChI is InChI=1S/C22H29N3O3/c1-5-23-22(24-14-16-11-18(16)15-9-7-6-8-10-15)25-17-12-19(26-2)21(28-4)20(13-17)27-3/h6-10,12-13,16,18H,5,11,14H2,1-4H3,(H2,23,24,25). The maximum atomic E-state index is 5.43. The zero-order valence-electron chi connectivity index (χ0n) is 17.0. The summed E-state index contributed by atoms with van der Waals surface area (Å²) >= 11 is 0. The number of ether oxygens (including phenoxy) is 3. The molecule has 150 valence electrons. The summed E-state index contributed by atoms with van der Waals surface area (Å²) in [5.41, 5.74) is 2.23. The first-order valence-electron chi connectivity index (χ1n) is 9.60. The minimum Gasteiger partial charge on any atom is -0.493 e. The fraction of sp³-hybridized carbons (Fsp3) is 0.409. The minimum absolute atomic E-state index is 0.571. The summed E-state index contributed by atoms with van der Waals surface area (Å²) in [5, 5.41) is 6.64. The lowest BCUT2D eigenvalue weighted by Crippen LogP contribution is -2.31. The van der Waals surface area contributed by atoms with E-state index in [9.17, 15) is 0 Å². The summed E-state index contributed by atoms with van der Waals surface area (Å²) in [6, 6.07) is 14.4. The molecule has 0 amide bonds. The van der Waals surface area contributed by atoms with Crippen LogP contribution in [0.1, 0.15) is 24.8 Å². The molecule has 2 unspecified atom stereocenters. The van der Waals surface area contributed by atoms with Crippen LogP contribution < -0.4 is 24.8 Å². The summed E-state index contributed by atoms with van der Waals surface area (Å²) in [5.74, 6) is 3.74. The van der Waals surface area contributed by atoms with E-state index in [0.29, 0.717) is 29.1 Å². The van der Waals surface area contributed by atoms with Crippen molar-refractivity contribution >= 4 is 11.6 Å². The van der Waals surface area contributed by atoms with Crippen LogP contribution in [0.25, 0.3) is 0 Å². The van der Waals surface area contributed by atoms with E-state index in [2.05, 4.69) is 47.9 Å². The quantitative estimate of drug-likeness (QED) is 0.535. The lowest BCUT2D eigenvalue weighted by Gasteiger charge is -2.16. The van der Waals surface area contributed by atoms with Crippen LogP contribution in [-0.2, 0) is 0 Å². The molecule has 3 rings (SSSR count). The maximum Gasteiger partial charge on any atom is 0.203 e. The zero-order valence-corrected chi connectivity index (χ0v) is 17.0. The lowest BCUT2D eigenvalue weighted by atomic mass is 10.1. The highest BCUT2D eigenvalue weighted by Gasteiger charge is 2.37. The second kappa shape index (κ2) is 9.35. The van der Waals surface area contributed by atoms with E-state index in [-0.39, 0.29) is 0 Å². The summed E-state index contributed by atoms with van der Waals surface area (Å²) in [7, 11) is 4.81. The first-order chi connectivity index (χ1) is 13.7. The van der Waals surface area contributed by atoms with Gasteiger partial charge in [-0.25, -0.2) is 0 Å². The Morgan fingerprint density at radius 2 is 1.71 bits per heavy atom. The van der Waals surface area contributed by atoms with Gasteiger partial charge in [0.05, 0.1) is 21.3 Å². The Bertz CT molecular complexity index is 783. The normalized spacial score (nSPS) is 18.4. The molecule has 2 aromatic rings. The summed E-state index contributed by atoms with van der Waals surface area (Å²) in [4.78, 5) is 4.78. The predicted octanol–water partition coefficient (Wildman–Crippen LogP) is 3.89. The zero-order chi connectivity index (χ0) is 19.9. The van der Waals surface area contributed by atoms with Crippen LogP contribution in [-0.4, -0.2) is 40.4 Å². The molecule has 0 bridgehead atoms. The van der Waals surface area contributed by atoms with Crippen molar-refractivity contribution in [2.75, 3.05) is 39.7 Å². The Morgan fingerprint density at radius 3 is 2.29 bits per heavy atom. The van der Waals surface area contributed by atoms with Crippen molar-refractivity contribution in [3.05, 3.63) is 48.0 Å². The van der Waals surface area contributed by atoms with E-state index in [1.807, 2.05) is 12.1 Å². The molecule has 0 aromatic heterocycles. The average Bonchev–Trinajstić information content (AvgIpc) is 3.51. The van der Waals surface area contributed by atoms with Crippen molar-refractivity contribution in [3.63, 3.8) is 0 Å². The van der Waals surface area contributed by atoms with Crippen LogP contribution in [0.4, 0.5) is 5.69 Å². The number of nitrogens with one attached hydrogen (secondary N) is 2. The number of aliphatic imine (C=N–C) groups is 1. The molecule has 2 N–H and O–H groups in total. The van der Waals surface area contributed by atoms with Gasteiger partial charge in [-0.05, 0) is 30.7 Å². The van der Waals surface area contributed by atoms with Crippen molar-refractivity contribution < 1.29 is 14.2 Å². The number of rotatable bonds is 8. The Kier molecular flexibility index (Phi) is 6.63. The van der Waals surface area contributed by atoms with Gasteiger partial charge < -0.3 is 24.8 Å². The third-order valence-corrected chi connectivity index (χ3v) is 4.91. The number of methoxy groups -OCH3 is 3. The Morgan fingerprint density at radius 1 is 1.04 bits per heavy atom. The second-order valence-corrected chi connectivity index (χ2v) is 6.77. The van der Waals surface area contributed by atoms with E-state index >= 15 is 0 Å². The molecule has 1 aliphatic rings. The monoisotopic (exact) mass is 383 g/mol. The summed E-state index contributed by atoms with van der Waals surface area (Å²) in [6.45, 7) is 3.62. The molecular formula is C22H29N3O3. The van der Waals surface area contributed by atoms with Crippen LogP contribution in [0.2, 0.25) is 0 Å². The third kappa shape index (κ3) is 4.68. The van der Waals surface area contributed by atoms with Crippen LogP contribution in [0, 0.1) is 5.92 Å². The molecule has 0 heterocycles. The highest BCUT2D eigenvalue weighted by Crippen LogP contribution is 2.47. The number of benzene rings is 2. The fourth-order valence-corrected chi connectivity index (χ4v) is 3.36. The van der Waals surface area contributed by atoms with E-state index < -0.39 is 0 Å². The Balaban J connectivity index is 1.70. The third-order valence-electron chi connectivity index (χ3n) is 4.91. The van der Waals surface area contributed by atoms with Gasteiger partial charge in [0.15, 0.2) is 17.5 Å². The molecule has 28 heavy (non-hydrogen) atoms. The molecule has 1 fully saturated rings. The van der Waals surface area contributed by atoms with Gasteiger partial charge in [-0.2, -0.15) is 0 Å². The van der Waals surface area contributed by atoms with Gasteiger partial charge in [-0.1, -0.05) is 30.3 Å². The van der Waals surface area contributed by atoms with Gasteiger partial charge in [-0.15, -0.1) is 0 Å². The number of anilines is 1. The lowest BCUT2D eigenvalue weighted by molar-refractivity contribution is 0.324. The van der Waals surface area contributed by atoms with Gasteiger partial charge in [0, 0.05) is 30.9 Å². The van der Waals surface area contributed by atoms with Crippen LogP contribution >= 0.6 is 0 Å². The van der Waals surface area contributed by atoms with E-state index in [1.54, 1.807) is 21.3 Å². The van der Waals surface area contributed by atoms with Crippen molar-refractivity contribution in [2.45, 2.75) is 19.3 Å². The topological polar surface area (TPSA) is 64.1 Å². The van der Waals surface area contributed by atoms with Crippen LogP contribution in [0.3, 0.4) is 0 Å². The number of nitrogens with zero attached hydrogens (tertiary/aromatic N) is 1. The molecule has 1 aliphatic carbocycles. The SMILES string of the molecule is CCNC(=NCC1CC1c1ccccc1)Nc1cc(OC)c(OC)c(OC)c1. The van der Waals surface area contributed by atoms with Gasteiger partial charge in [-0.3, -0.25) is 4.99 Å². The first kappa shape index (κ1) is 19.9. The average molecular weight is 383 g/mol. The fourth-order valence-electron chi connectivity index (χ4n) is 3.36. The highest BCUT2D eigenvalue weighted by molar-refractivity contribution is 5.94. The van der Waals surface area contributed by atoms with E-state index in [0.717, 1.165) is 24.7 Å². The van der Waals surface area contributed by atoms with Gasteiger partial charge in [0.2, 0.25) is 5.75 Å². The smallest absolute Gasteiger partial charge is 0.203 e. The Labute approximate surface area is 166 Å². The minimum atomic E-state index is 0.571. The van der Waals surface area contributed by atoms with Crippen molar-refractivity contribution in [1.82, 2.24) is 5.32 Å². The molecule has 2 aromatic carbocycles. The Hall–Kier alpha value is -2.89. The summed E-state index contributed by atoms with van der Waals surface area (Å²) < 4.78 is 16.2. The predicted molar refractivity (Wildman–Crippen MR) is 113 cm³/mol. The largest absolute Gasteiger partial charge is 0.493 e. The number of hydrogen-bond donors (Lipinski definition) is 2. The van der Waals surface area contributed by atoms with Gasteiger partial charge in [0.25, 0.3) is 0 Å². The number of guanidine groups is 1. The first-order valence-corrected chi connectivity index (χ1v) is 9.60. The van der Waals surface area contributed by atoms with E-state index in [4.69, 9.17) is 19.2 Å². The molecule has 6 heteroatoms. The molecule has 1 saturated carbocycles. The van der Waals surface area contributed by atoms with Gasteiger partial charge >= 0.3 is 0 Å².